The molecular formula is C14H17NO4. The molecular weight excluding hydrogens is 246 g/mol. The third-order valence-electron chi connectivity index (χ3n) is 3.83. The van der Waals surface area contributed by atoms with Crippen molar-refractivity contribution in [3.05, 3.63) is 17.7 Å². The lowest BCUT2D eigenvalue weighted by Crippen LogP contribution is -2.37. The predicted molar refractivity (Wildman–Crippen MR) is 70.2 cm³/mol. The molecule has 1 aromatic carbocycles. The summed E-state index contributed by atoms with van der Waals surface area (Å²) >= 11 is 0. The zero-order chi connectivity index (χ0) is 13.4. The molecule has 0 saturated carbocycles. The van der Waals surface area contributed by atoms with Crippen molar-refractivity contribution in [3.63, 3.8) is 0 Å². The Morgan fingerprint density at radius 2 is 2.05 bits per heavy atom. The largest absolute Gasteiger partial charge is 0.486 e. The van der Waals surface area contributed by atoms with E-state index >= 15 is 0 Å². The molecule has 1 unspecified atom stereocenters. The van der Waals surface area contributed by atoms with Crippen LogP contribution >= 0.6 is 0 Å². The Balaban J connectivity index is 1.92. The van der Waals surface area contributed by atoms with Gasteiger partial charge >= 0.3 is 5.97 Å². The number of benzene rings is 1. The van der Waals surface area contributed by atoms with Crippen LogP contribution in [0, 0.1) is 0 Å². The van der Waals surface area contributed by atoms with Crippen molar-refractivity contribution in [2.45, 2.75) is 25.3 Å². The number of ether oxygens (including phenoxy) is 2. The Bertz CT molecular complexity index is 514. The first kappa shape index (κ1) is 12.1. The van der Waals surface area contributed by atoms with Crippen LogP contribution in [0.25, 0.3) is 0 Å². The molecule has 1 N–H and O–H groups in total. The maximum Gasteiger partial charge on any atom is 0.305 e. The molecule has 102 valence electrons. The number of aliphatic carboxylic acids is 1. The molecule has 2 aliphatic rings. The molecule has 19 heavy (non-hydrogen) atoms. The lowest BCUT2D eigenvalue weighted by atomic mass is 9.94. The summed E-state index contributed by atoms with van der Waals surface area (Å²) in [7, 11) is 1.95. The third kappa shape index (κ3) is 2.20. The second-order valence-corrected chi connectivity index (χ2v) is 5.03. The van der Waals surface area contributed by atoms with E-state index in [1.54, 1.807) is 0 Å². The van der Waals surface area contributed by atoms with E-state index in [1.165, 1.54) is 5.56 Å². The van der Waals surface area contributed by atoms with E-state index in [1.807, 2.05) is 24.1 Å². The Kier molecular flexibility index (Phi) is 2.97. The molecule has 2 heterocycles. The third-order valence-corrected chi connectivity index (χ3v) is 3.83. The summed E-state index contributed by atoms with van der Waals surface area (Å²) in [6.45, 7) is 1.15. The van der Waals surface area contributed by atoms with E-state index in [0.29, 0.717) is 13.2 Å². The molecule has 1 aromatic rings. The minimum absolute atomic E-state index is 0.0487. The molecule has 0 saturated heterocycles. The molecule has 2 aliphatic heterocycles. The Morgan fingerprint density at radius 3 is 2.74 bits per heavy atom. The number of carboxylic acid groups (broad SMARTS) is 1. The van der Waals surface area contributed by atoms with Crippen molar-refractivity contribution >= 4 is 11.7 Å². The van der Waals surface area contributed by atoms with E-state index in [9.17, 15) is 4.79 Å². The normalized spacial score (nSPS) is 20.9. The molecule has 0 amide bonds. The number of carbonyl (C=O) groups is 1. The minimum atomic E-state index is -0.752. The Labute approximate surface area is 111 Å². The summed E-state index contributed by atoms with van der Waals surface area (Å²) < 4.78 is 11.2. The zero-order valence-corrected chi connectivity index (χ0v) is 10.9. The van der Waals surface area contributed by atoms with Crippen LogP contribution in [-0.2, 0) is 11.2 Å². The highest BCUT2D eigenvalue weighted by molar-refractivity contribution is 5.70. The van der Waals surface area contributed by atoms with Crippen LogP contribution in [0.3, 0.4) is 0 Å². The van der Waals surface area contributed by atoms with Gasteiger partial charge in [-0.05, 0) is 24.5 Å². The Hall–Kier alpha value is -1.91. The summed E-state index contributed by atoms with van der Waals surface area (Å²) in [6, 6.07) is 4.04. The quantitative estimate of drug-likeness (QED) is 0.879. The van der Waals surface area contributed by atoms with Crippen molar-refractivity contribution in [2.75, 3.05) is 25.2 Å². The first-order valence-electron chi connectivity index (χ1n) is 6.52. The van der Waals surface area contributed by atoms with Crippen LogP contribution < -0.4 is 14.4 Å². The molecule has 0 spiro atoms. The van der Waals surface area contributed by atoms with Crippen LogP contribution in [0.1, 0.15) is 18.4 Å². The van der Waals surface area contributed by atoms with Crippen LogP contribution in [0.4, 0.5) is 5.69 Å². The van der Waals surface area contributed by atoms with E-state index in [2.05, 4.69) is 0 Å². The highest BCUT2D eigenvalue weighted by Crippen LogP contribution is 2.40. The van der Waals surface area contributed by atoms with Crippen molar-refractivity contribution < 1.29 is 19.4 Å². The summed E-state index contributed by atoms with van der Waals surface area (Å²) in [4.78, 5) is 12.9. The number of hydrogen-bond donors (Lipinski definition) is 1. The van der Waals surface area contributed by atoms with Crippen molar-refractivity contribution in [3.8, 4) is 11.5 Å². The smallest absolute Gasteiger partial charge is 0.305 e. The van der Waals surface area contributed by atoms with Gasteiger partial charge in [-0.1, -0.05) is 0 Å². The number of rotatable bonds is 2. The SMILES string of the molecule is CN1c2cc3c(cc2CCC1CC(=O)O)OCCO3. The van der Waals surface area contributed by atoms with Crippen LogP contribution in [0.15, 0.2) is 12.1 Å². The molecule has 0 aliphatic carbocycles. The van der Waals surface area contributed by atoms with Gasteiger partial charge in [0.1, 0.15) is 13.2 Å². The van der Waals surface area contributed by atoms with Crippen molar-refractivity contribution in [1.29, 1.82) is 0 Å². The second-order valence-electron chi connectivity index (χ2n) is 5.03. The number of carboxylic acids is 1. The maximum absolute atomic E-state index is 10.9. The molecule has 0 fully saturated rings. The lowest BCUT2D eigenvalue weighted by Gasteiger charge is -2.36. The first-order valence-corrected chi connectivity index (χ1v) is 6.52. The van der Waals surface area contributed by atoms with E-state index in [-0.39, 0.29) is 12.5 Å². The first-order chi connectivity index (χ1) is 9.15. The molecule has 5 nitrogen and oxygen atoms in total. The monoisotopic (exact) mass is 263 g/mol. The van der Waals surface area contributed by atoms with Crippen molar-refractivity contribution in [2.24, 2.45) is 0 Å². The van der Waals surface area contributed by atoms with E-state index in [4.69, 9.17) is 14.6 Å². The van der Waals surface area contributed by atoms with E-state index in [0.717, 1.165) is 30.0 Å². The van der Waals surface area contributed by atoms with Gasteiger partial charge in [-0.25, -0.2) is 0 Å². The lowest BCUT2D eigenvalue weighted by molar-refractivity contribution is -0.137. The Morgan fingerprint density at radius 1 is 1.37 bits per heavy atom. The fourth-order valence-corrected chi connectivity index (χ4v) is 2.80. The van der Waals surface area contributed by atoms with Crippen LogP contribution in [0.5, 0.6) is 11.5 Å². The average molecular weight is 263 g/mol. The molecule has 0 aromatic heterocycles. The summed E-state index contributed by atoms with van der Waals surface area (Å²) in [5.74, 6) is 0.806. The van der Waals surface area contributed by atoms with Gasteiger partial charge in [0.2, 0.25) is 0 Å². The fourth-order valence-electron chi connectivity index (χ4n) is 2.80. The number of hydrogen-bond acceptors (Lipinski definition) is 4. The molecule has 0 bridgehead atoms. The molecule has 3 rings (SSSR count). The van der Waals surface area contributed by atoms with Crippen LogP contribution in [-0.4, -0.2) is 37.4 Å². The van der Waals surface area contributed by atoms with Gasteiger partial charge in [0, 0.05) is 24.8 Å². The van der Waals surface area contributed by atoms with Gasteiger partial charge in [-0.2, -0.15) is 0 Å². The minimum Gasteiger partial charge on any atom is -0.486 e. The van der Waals surface area contributed by atoms with Crippen LogP contribution in [0.2, 0.25) is 0 Å². The van der Waals surface area contributed by atoms with Gasteiger partial charge in [-0.15, -0.1) is 0 Å². The second kappa shape index (κ2) is 4.64. The van der Waals surface area contributed by atoms with Gasteiger partial charge in [-0.3, -0.25) is 4.79 Å². The number of nitrogens with zero attached hydrogens (tertiary/aromatic N) is 1. The summed E-state index contributed by atoms with van der Waals surface area (Å²) in [6.07, 6.45) is 1.91. The number of aryl methyl sites for hydroxylation is 1. The van der Waals surface area contributed by atoms with Gasteiger partial charge < -0.3 is 19.5 Å². The summed E-state index contributed by atoms with van der Waals surface area (Å²) in [5.41, 5.74) is 2.26. The van der Waals surface area contributed by atoms with Crippen molar-refractivity contribution in [1.82, 2.24) is 0 Å². The predicted octanol–water partition coefficient (Wildman–Crippen LogP) is 1.68. The topological polar surface area (TPSA) is 59.0 Å². The fraction of sp³-hybridized carbons (Fsp3) is 0.500. The van der Waals surface area contributed by atoms with Gasteiger partial charge in [0.15, 0.2) is 11.5 Å². The maximum atomic E-state index is 10.9. The molecule has 1 atom stereocenters. The van der Waals surface area contributed by atoms with Gasteiger partial charge in [0.25, 0.3) is 0 Å². The standard InChI is InChI=1S/C14H17NO4/c1-15-10(7-14(16)17)3-2-9-6-12-13(8-11(9)15)19-5-4-18-12/h6,8,10H,2-5,7H2,1H3,(H,16,17). The average Bonchev–Trinajstić information content (AvgIpc) is 2.40. The summed E-state index contributed by atoms with van der Waals surface area (Å²) in [5, 5.41) is 8.95. The number of anilines is 1. The highest BCUT2D eigenvalue weighted by Gasteiger charge is 2.27. The molecule has 0 radical (unpaired) electrons. The van der Waals surface area contributed by atoms with E-state index < -0.39 is 5.97 Å². The number of fused-ring (bicyclic) bond motifs is 2. The zero-order valence-electron chi connectivity index (χ0n) is 10.9. The van der Waals surface area contributed by atoms with Gasteiger partial charge in [0.05, 0.1) is 6.42 Å². The highest BCUT2D eigenvalue weighted by atomic mass is 16.6. The molecule has 5 heteroatoms.